The molecule has 0 spiro atoms. The van der Waals surface area contributed by atoms with Crippen LogP contribution in [0.2, 0.25) is 0 Å². The number of hydrogen-bond donors (Lipinski definition) is 0. The monoisotopic (exact) mass is 307 g/mol. The van der Waals surface area contributed by atoms with Crippen molar-refractivity contribution in [2.45, 2.75) is 18.8 Å². The second kappa shape index (κ2) is 5.46. The molecule has 1 radical (unpaired) electrons. The molecule has 0 saturated carbocycles. The average Bonchev–Trinajstić information content (AvgIpc) is 2.37. The molecular formula is C14H9F6O. The molecule has 2 rings (SSSR count). The van der Waals surface area contributed by atoms with E-state index < -0.39 is 29.2 Å². The Bertz CT molecular complexity index is 563. The van der Waals surface area contributed by atoms with E-state index in [9.17, 15) is 26.3 Å². The van der Waals surface area contributed by atoms with Crippen LogP contribution in [-0.2, 0) is 6.18 Å². The Hall–Kier alpha value is -1.92. The van der Waals surface area contributed by atoms with Gasteiger partial charge in [-0.3, -0.25) is 0 Å². The lowest BCUT2D eigenvalue weighted by atomic mass is 10.0. The van der Waals surface area contributed by atoms with Gasteiger partial charge in [0.15, 0.2) is 0 Å². The third kappa shape index (κ3) is 3.80. The Morgan fingerprint density at radius 1 is 0.857 bits per heavy atom. The zero-order valence-corrected chi connectivity index (χ0v) is 10.4. The smallest absolute Gasteiger partial charge is 0.419 e. The van der Waals surface area contributed by atoms with E-state index in [4.69, 9.17) is 4.74 Å². The Kier molecular flexibility index (Phi) is 4.02. The first kappa shape index (κ1) is 15.5. The fourth-order valence-electron chi connectivity index (χ4n) is 1.72. The summed E-state index contributed by atoms with van der Waals surface area (Å²) in [5.74, 6) is -0.504. The number of hydrogen-bond acceptors (Lipinski definition) is 1. The highest BCUT2D eigenvalue weighted by molar-refractivity contribution is 5.39. The van der Waals surface area contributed by atoms with Gasteiger partial charge in [-0.25, -0.2) is 0 Å². The van der Waals surface area contributed by atoms with Crippen molar-refractivity contribution in [2.24, 2.45) is 0 Å². The van der Waals surface area contributed by atoms with E-state index in [1.165, 1.54) is 12.5 Å². The Morgan fingerprint density at radius 3 is 2.00 bits per heavy atom. The molecule has 1 aliphatic carbocycles. The first-order valence-electron chi connectivity index (χ1n) is 5.84. The minimum absolute atomic E-state index is 0.0914. The first-order valence-corrected chi connectivity index (χ1v) is 5.84. The lowest BCUT2D eigenvalue weighted by Crippen LogP contribution is -2.17. The summed E-state index contributed by atoms with van der Waals surface area (Å²) in [4.78, 5) is 0. The maximum Gasteiger partial charge on any atom is 0.419 e. The SMILES string of the molecule is FC(F)(F)C1=C(Oc2ccc(C(F)(F)F)cc2)[CH]CC=C1. The fourth-order valence-corrected chi connectivity index (χ4v) is 1.72. The number of ether oxygens (including phenoxy) is 1. The van der Waals surface area contributed by atoms with Crippen LogP contribution in [0.25, 0.3) is 0 Å². The number of benzene rings is 1. The molecule has 0 atom stereocenters. The van der Waals surface area contributed by atoms with E-state index in [0.717, 1.165) is 30.3 Å². The summed E-state index contributed by atoms with van der Waals surface area (Å²) >= 11 is 0. The van der Waals surface area contributed by atoms with Gasteiger partial charge in [-0.05, 0) is 30.7 Å². The second-order valence-electron chi connectivity index (χ2n) is 4.24. The minimum atomic E-state index is -4.59. The van der Waals surface area contributed by atoms with Crippen molar-refractivity contribution in [2.75, 3.05) is 0 Å². The van der Waals surface area contributed by atoms with E-state index in [1.807, 2.05) is 0 Å². The summed E-state index contributed by atoms with van der Waals surface area (Å²) in [6, 6.07) is 3.47. The van der Waals surface area contributed by atoms with Crippen LogP contribution < -0.4 is 4.74 Å². The van der Waals surface area contributed by atoms with Gasteiger partial charge in [0.25, 0.3) is 0 Å². The van der Waals surface area contributed by atoms with Crippen molar-refractivity contribution < 1.29 is 31.1 Å². The quantitative estimate of drug-likeness (QED) is 0.694. The summed E-state index contributed by atoms with van der Waals surface area (Å²) in [7, 11) is 0. The number of allylic oxidation sites excluding steroid dienone is 4. The van der Waals surface area contributed by atoms with Crippen molar-refractivity contribution in [1.82, 2.24) is 0 Å². The van der Waals surface area contributed by atoms with Gasteiger partial charge in [-0.1, -0.05) is 12.2 Å². The Labute approximate surface area is 116 Å². The molecule has 0 unspecified atom stereocenters. The molecule has 0 bridgehead atoms. The molecular weight excluding hydrogens is 298 g/mol. The standard InChI is InChI=1S/C14H9F6O/c15-13(16,17)9-5-7-10(8-6-9)21-12-4-2-1-3-11(12)14(18,19)20/h1,3-8H,2H2. The topological polar surface area (TPSA) is 9.23 Å². The minimum Gasteiger partial charge on any atom is -0.461 e. The number of halogens is 6. The molecule has 7 heteroatoms. The third-order valence-corrected chi connectivity index (χ3v) is 2.70. The fraction of sp³-hybridized carbons (Fsp3) is 0.214. The summed E-state index contributed by atoms with van der Waals surface area (Å²) in [5.41, 5.74) is -1.86. The molecule has 0 saturated heterocycles. The van der Waals surface area contributed by atoms with Crippen LogP contribution >= 0.6 is 0 Å². The Morgan fingerprint density at radius 2 is 1.48 bits per heavy atom. The highest BCUT2D eigenvalue weighted by atomic mass is 19.4. The highest BCUT2D eigenvalue weighted by Crippen LogP contribution is 2.35. The van der Waals surface area contributed by atoms with Gasteiger partial charge in [-0.2, -0.15) is 26.3 Å². The van der Waals surface area contributed by atoms with Gasteiger partial charge in [0.2, 0.25) is 0 Å². The molecule has 0 heterocycles. The van der Waals surface area contributed by atoms with Crippen molar-refractivity contribution in [3.63, 3.8) is 0 Å². The molecule has 0 aliphatic heterocycles. The predicted octanol–water partition coefficient (Wildman–Crippen LogP) is 5.06. The highest BCUT2D eigenvalue weighted by Gasteiger charge is 2.36. The van der Waals surface area contributed by atoms with E-state index in [1.54, 1.807) is 0 Å². The summed E-state index contributed by atoms with van der Waals surface area (Å²) in [6.07, 6.45) is -5.40. The molecule has 0 aromatic heterocycles. The molecule has 1 aromatic carbocycles. The molecule has 113 valence electrons. The van der Waals surface area contributed by atoms with E-state index in [2.05, 4.69) is 0 Å². The molecule has 1 aliphatic rings. The third-order valence-electron chi connectivity index (χ3n) is 2.70. The van der Waals surface area contributed by atoms with Crippen LogP contribution in [0.15, 0.2) is 47.7 Å². The van der Waals surface area contributed by atoms with Crippen molar-refractivity contribution in [3.05, 3.63) is 59.7 Å². The molecule has 1 nitrogen and oxygen atoms in total. The zero-order chi connectivity index (χ0) is 15.7. The van der Waals surface area contributed by atoms with Crippen LogP contribution in [0, 0.1) is 6.42 Å². The van der Waals surface area contributed by atoms with Crippen LogP contribution in [0.5, 0.6) is 5.75 Å². The molecule has 0 fully saturated rings. The summed E-state index contributed by atoms with van der Waals surface area (Å²) in [5, 5.41) is 0. The van der Waals surface area contributed by atoms with Gasteiger partial charge >= 0.3 is 12.4 Å². The number of alkyl halides is 6. The maximum absolute atomic E-state index is 12.8. The van der Waals surface area contributed by atoms with Gasteiger partial charge in [-0.15, -0.1) is 0 Å². The largest absolute Gasteiger partial charge is 0.461 e. The lowest BCUT2D eigenvalue weighted by molar-refractivity contribution is -0.137. The second-order valence-corrected chi connectivity index (χ2v) is 4.24. The lowest BCUT2D eigenvalue weighted by Gasteiger charge is -2.18. The van der Waals surface area contributed by atoms with Crippen molar-refractivity contribution in [1.29, 1.82) is 0 Å². The predicted molar refractivity (Wildman–Crippen MR) is 63.2 cm³/mol. The van der Waals surface area contributed by atoms with Gasteiger partial charge in [0, 0.05) is 6.42 Å². The zero-order valence-electron chi connectivity index (χ0n) is 10.4. The van der Waals surface area contributed by atoms with Crippen molar-refractivity contribution in [3.8, 4) is 5.75 Å². The van der Waals surface area contributed by atoms with Crippen LogP contribution in [0.3, 0.4) is 0 Å². The van der Waals surface area contributed by atoms with E-state index in [-0.39, 0.29) is 12.2 Å². The van der Waals surface area contributed by atoms with Gasteiger partial charge in [0.1, 0.15) is 11.5 Å². The first-order chi connectivity index (χ1) is 9.68. The number of rotatable bonds is 2. The van der Waals surface area contributed by atoms with Crippen LogP contribution in [-0.4, -0.2) is 6.18 Å². The van der Waals surface area contributed by atoms with Crippen LogP contribution in [0.1, 0.15) is 12.0 Å². The molecule has 21 heavy (non-hydrogen) atoms. The molecule has 0 amide bonds. The normalized spacial score (nSPS) is 16.3. The van der Waals surface area contributed by atoms with Gasteiger partial charge < -0.3 is 4.74 Å². The van der Waals surface area contributed by atoms with E-state index in [0.29, 0.717) is 0 Å². The Balaban J connectivity index is 2.24. The maximum atomic E-state index is 12.8. The van der Waals surface area contributed by atoms with E-state index >= 15 is 0 Å². The molecule has 1 aromatic rings. The summed E-state index contributed by atoms with van der Waals surface area (Å²) in [6.45, 7) is 0. The molecule has 0 N–H and O–H groups in total. The summed E-state index contributed by atoms with van der Waals surface area (Å²) < 4.78 is 80.5. The van der Waals surface area contributed by atoms with Crippen molar-refractivity contribution >= 4 is 0 Å². The van der Waals surface area contributed by atoms with Crippen LogP contribution in [0.4, 0.5) is 26.3 Å². The average molecular weight is 307 g/mol. The van der Waals surface area contributed by atoms with Gasteiger partial charge in [0.05, 0.1) is 11.1 Å².